The van der Waals surface area contributed by atoms with Gasteiger partial charge in [-0.25, -0.2) is 0 Å². The first-order valence-corrected chi connectivity index (χ1v) is 3.95. The number of rotatable bonds is 2. The highest BCUT2D eigenvalue weighted by molar-refractivity contribution is 5.26. The molecule has 10 heavy (non-hydrogen) atoms. The molecule has 2 unspecified atom stereocenters. The zero-order valence-corrected chi connectivity index (χ0v) is 7.15. The van der Waals surface area contributed by atoms with Gasteiger partial charge in [-0.15, -0.1) is 6.58 Å². The van der Waals surface area contributed by atoms with Crippen LogP contribution in [-0.4, -0.2) is 0 Å². The monoisotopic (exact) mass is 136 g/mol. The SMILES string of the molecule is C=CC(C)C1CC(C)=C1C. The van der Waals surface area contributed by atoms with E-state index in [-0.39, 0.29) is 0 Å². The third-order valence-electron chi connectivity index (χ3n) is 2.76. The average molecular weight is 136 g/mol. The van der Waals surface area contributed by atoms with Gasteiger partial charge < -0.3 is 0 Å². The fourth-order valence-electron chi connectivity index (χ4n) is 1.57. The van der Waals surface area contributed by atoms with Crippen molar-refractivity contribution < 1.29 is 0 Å². The topological polar surface area (TPSA) is 0 Å². The van der Waals surface area contributed by atoms with Crippen LogP contribution in [0.25, 0.3) is 0 Å². The van der Waals surface area contributed by atoms with Crippen LogP contribution in [0.5, 0.6) is 0 Å². The Bertz CT molecular complexity index is 174. The number of hydrogen-bond donors (Lipinski definition) is 0. The molecular weight excluding hydrogens is 120 g/mol. The van der Waals surface area contributed by atoms with E-state index in [0.717, 1.165) is 5.92 Å². The Morgan fingerprint density at radius 3 is 2.50 bits per heavy atom. The molecule has 0 aromatic carbocycles. The minimum Gasteiger partial charge on any atom is -0.103 e. The van der Waals surface area contributed by atoms with E-state index >= 15 is 0 Å². The van der Waals surface area contributed by atoms with Crippen LogP contribution in [0.1, 0.15) is 27.2 Å². The molecule has 0 spiro atoms. The second-order valence-electron chi connectivity index (χ2n) is 3.37. The van der Waals surface area contributed by atoms with Gasteiger partial charge in [0.15, 0.2) is 0 Å². The van der Waals surface area contributed by atoms with Gasteiger partial charge in [-0.05, 0) is 32.1 Å². The van der Waals surface area contributed by atoms with E-state index in [1.165, 1.54) is 6.42 Å². The summed E-state index contributed by atoms with van der Waals surface area (Å²) in [5.41, 5.74) is 3.17. The minimum atomic E-state index is 0.670. The van der Waals surface area contributed by atoms with Crippen LogP contribution in [0.15, 0.2) is 23.8 Å². The fourth-order valence-corrected chi connectivity index (χ4v) is 1.57. The molecule has 1 aliphatic rings. The van der Waals surface area contributed by atoms with Gasteiger partial charge in [0.1, 0.15) is 0 Å². The predicted molar refractivity (Wildman–Crippen MR) is 45.8 cm³/mol. The standard InChI is InChI=1S/C10H16/c1-5-7(2)10-6-8(3)9(10)4/h5,7,10H,1,6H2,2-4H3. The molecule has 2 atom stereocenters. The molecule has 1 aliphatic carbocycles. The Balaban J connectivity index is 2.58. The summed E-state index contributed by atoms with van der Waals surface area (Å²) in [5, 5.41) is 0. The van der Waals surface area contributed by atoms with Crippen molar-refractivity contribution in [3.63, 3.8) is 0 Å². The molecule has 0 saturated carbocycles. The molecule has 0 saturated heterocycles. The molecule has 0 nitrogen and oxygen atoms in total. The van der Waals surface area contributed by atoms with Crippen LogP contribution in [0.2, 0.25) is 0 Å². The molecule has 1 rings (SSSR count). The fraction of sp³-hybridized carbons (Fsp3) is 0.600. The maximum absolute atomic E-state index is 3.80. The molecule has 0 heteroatoms. The minimum absolute atomic E-state index is 0.670. The highest BCUT2D eigenvalue weighted by Gasteiger charge is 2.26. The largest absolute Gasteiger partial charge is 0.103 e. The van der Waals surface area contributed by atoms with Crippen molar-refractivity contribution in [3.8, 4) is 0 Å². The summed E-state index contributed by atoms with van der Waals surface area (Å²) < 4.78 is 0. The van der Waals surface area contributed by atoms with Gasteiger partial charge in [-0.2, -0.15) is 0 Å². The van der Waals surface area contributed by atoms with Gasteiger partial charge in [-0.3, -0.25) is 0 Å². The molecule has 0 bridgehead atoms. The van der Waals surface area contributed by atoms with Crippen LogP contribution in [0.4, 0.5) is 0 Å². The van der Waals surface area contributed by atoms with Crippen molar-refractivity contribution in [1.29, 1.82) is 0 Å². The first-order valence-electron chi connectivity index (χ1n) is 3.95. The van der Waals surface area contributed by atoms with Gasteiger partial charge >= 0.3 is 0 Å². The summed E-state index contributed by atoms with van der Waals surface area (Å²) in [6.45, 7) is 10.5. The van der Waals surface area contributed by atoms with Crippen molar-refractivity contribution >= 4 is 0 Å². The summed E-state index contributed by atoms with van der Waals surface area (Å²) in [6.07, 6.45) is 3.35. The van der Waals surface area contributed by atoms with E-state index in [2.05, 4.69) is 33.4 Å². The summed E-state index contributed by atoms with van der Waals surface area (Å²) in [4.78, 5) is 0. The quantitative estimate of drug-likeness (QED) is 0.511. The maximum atomic E-state index is 3.80. The highest BCUT2D eigenvalue weighted by Crippen LogP contribution is 2.39. The van der Waals surface area contributed by atoms with Gasteiger partial charge in [0.25, 0.3) is 0 Å². The van der Waals surface area contributed by atoms with Crippen molar-refractivity contribution in [1.82, 2.24) is 0 Å². The second kappa shape index (κ2) is 2.61. The molecule has 0 fully saturated rings. The van der Waals surface area contributed by atoms with Gasteiger partial charge in [0, 0.05) is 0 Å². The molecule has 0 N–H and O–H groups in total. The lowest BCUT2D eigenvalue weighted by Gasteiger charge is -2.33. The Hall–Kier alpha value is -0.520. The van der Waals surface area contributed by atoms with Crippen molar-refractivity contribution in [3.05, 3.63) is 23.8 Å². The first-order chi connectivity index (χ1) is 4.66. The summed E-state index contributed by atoms with van der Waals surface area (Å²) in [5.74, 6) is 1.47. The smallest absolute Gasteiger partial charge is 0.0106 e. The highest BCUT2D eigenvalue weighted by atomic mass is 14.3. The Kier molecular flexibility index (Phi) is 1.98. The third kappa shape index (κ3) is 1.03. The number of hydrogen-bond acceptors (Lipinski definition) is 0. The zero-order chi connectivity index (χ0) is 7.72. The molecule has 0 amide bonds. The van der Waals surface area contributed by atoms with Crippen molar-refractivity contribution in [2.75, 3.05) is 0 Å². The second-order valence-corrected chi connectivity index (χ2v) is 3.37. The lowest BCUT2D eigenvalue weighted by molar-refractivity contribution is 0.428. The van der Waals surface area contributed by atoms with Crippen molar-refractivity contribution in [2.24, 2.45) is 11.8 Å². The van der Waals surface area contributed by atoms with E-state index in [1.807, 2.05) is 0 Å². The Morgan fingerprint density at radius 2 is 2.20 bits per heavy atom. The average Bonchev–Trinajstić information content (AvgIpc) is 1.98. The van der Waals surface area contributed by atoms with Crippen LogP contribution in [0.3, 0.4) is 0 Å². The first kappa shape index (κ1) is 7.59. The van der Waals surface area contributed by atoms with Crippen LogP contribution < -0.4 is 0 Å². The van der Waals surface area contributed by atoms with Gasteiger partial charge in [0.05, 0.1) is 0 Å². The molecule has 0 aromatic rings. The van der Waals surface area contributed by atoms with E-state index in [9.17, 15) is 0 Å². The lowest BCUT2D eigenvalue weighted by Crippen LogP contribution is -2.20. The lowest BCUT2D eigenvalue weighted by atomic mass is 9.72. The van der Waals surface area contributed by atoms with E-state index in [1.54, 1.807) is 11.1 Å². The summed E-state index contributed by atoms with van der Waals surface area (Å²) in [6, 6.07) is 0. The van der Waals surface area contributed by atoms with Gasteiger partial charge in [0.2, 0.25) is 0 Å². The Labute approximate surface area is 63.6 Å². The summed E-state index contributed by atoms with van der Waals surface area (Å²) >= 11 is 0. The molecule has 0 heterocycles. The van der Waals surface area contributed by atoms with Crippen LogP contribution in [-0.2, 0) is 0 Å². The van der Waals surface area contributed by atoms with Crippen molar-refractivity contribution in [2.45, 2.75) is 27.2 Å². The van der Waals surface area contributed by atoms with Gasteiger partial charge in [-0.1, -0.05) is 24.1 Å². The normalized spacial score (nSPS) is 27.7. The molecule has 0 radical (unpaired) electrons. The summed E-state index contributed by atoms with van der Waals surface area (Å²) in [7, 11) is 0. The van der Waals surface area contributed by atoms with Crippen LogP contribution >= 0.6 is 0 Å². The number of allylic oxidation sites excluding steroid dienone is 3. The zero-order valence-electron chi connectivity index (χ0n) is 7.15. The maximum Gasteiger partial charge on any atom is -0.0106 e. The molecular formula is C10H16. The van der Waals surface area contributed by atoms with E-state index in [0.29, 0.717) is 5.92 Å². The van der Waals surface area contributed by atoms with E-state index < -0.39 is 0 Å². The Morgan fingerprint density at radius 1 is 1.60 bits per heavy atom. The molecule has 0 aliphatic heterocycles. The van der Waals surface area contributed by atoms with Crippen LogP contribution in [0, 0.1) is 11.8 Å². The predicted octanol–water partition coefficient (Wildman–Crippen LogP) is 3.16. The molecule has 0 aromatic heterocycles. The van der Waals surface area contributed by atoms with E-state index in [4.69, 9.17) is 0 Å². The molecule has 56 valence electrons. The third-order valence-corrected chi connectivity index (χ3v) is 2.76.